The van der Waals surface area contributed by atoms with Crippen molar-refractivity contribution in [2.45, 2.75) is 39.0 Å². The number of anilines is 1. The highest BCUT2D eigenvalue weighted by Crippen LogP contribution is 2.32. The predicted octanol–water partition coefficient (Wildman–Crippen LogP) is 4.97. The lowest BCUT2D eigenvalue weighted by molar-refractivity contribution is -0.125. The van der Waals surface area contributed by atoms with Crippen molar-refractivity contribution >= 4 is 23.3 Å². The Morgan fingerprint density at radius 3 is 2.84 bits per heavy atom. The minimum absolute atomic E-state index is 0.0536. The molecule has 0 unspecified atom stereocenters. The summed E-state index contributed by atoms with van der Waals surface area (Å²) in [6.45, 7) is 4.44. The van der Waals surface area contributed by atoms with Gasteiger partial charge < -0.3 is 14.7 Å². The second kappa shape index (κ2) is 10.6. The summed E-state index contributed by atoms with van der Waals surface area (Å²) in [5.41, 5.74) is 1.58. The first kappa shape index (κ1) is 22.3. The molecule has 8 heteroatoms. The average Bonchev–Trinajstić information content (AvgIpc) is 3.32. The van der Waals surface area contributed by atoms with Crippen LogP contribution in [0.25, 0.3) is 22.8 Å². The molecular formula is C24H28ClN5O2. The van der Waals surface area contributed by atoms with E-state index in [2.05, 4.69) is 32.3 Å². The molecule has 0 radical (unpaired) electrons. The third-order valence-electron chi connectivity index (χ3n) is 5.77. The second-order valence-corrected chi connectivity index (χ2v) is 8.50. The molecule has 3 aromatic rings. The Balaban J connectivity index is 1.43. The van der Waals surface area contributed by atoms with Crippen LogP contribution in [0.15, 0.2) is 47.1 Å². The lowest BCUT2D eigenvalue weighted by atomic mass is 9.95. The molecule has 32 heavy (non-hydrogen) atoms. The maximum atomic E-state index is 12.5. The van der Waals surface area contributed by atoms with Crippen molar-refractivity contribution in [2.24, 2.45) is 5.92 Å². The zero-order valence-corrected chi connectivity index (χ0v) is 19.0. The maximum absolute atomic E-state index is 12.5. The normalized spacial score (nSPS) is 14.5. The van der Waals surface area contributed by atoms with Gasteiger partial charge >= 0.3 is 0 Å². The minimum atomic E-state index is 0.0536. The Morgan fingerprint density at radius 1 is 1.22 bits per heavy atom. The van der Waals surface area contributed by atoms with E-state index in [1.165, 1.54) is 0 Å². The summed E-state index contributed by atoms with van der Waals surface area (Å²) < 4.78 is 5.56. The van der Waals surface area contributed by atoms with Gasteiger partial charge in [-0.05, 0) is 43.5 Å². The van der Waals surface area contributed by atoms with Gasteiger partial charge in [-0.15, -0.1) is 0 Å². The van der Waals surface area contributed by atoms with Crippen LogP contribution >= 0.6 is 11.6 Å². The van der Waals surface area contributed by atoms with Crippen molar-refractivity contribution in [3.63, 3.8) is 0 Å². The van der Waals surface area contributed by atoms with Gasteiger partial charge in [0.2, 0.25) is 11.7 Å². The van der Waals surface area contributed by atoms with Crippen LogP contribution in [0.3, 0.4) is 0 Å². The Labute approximate surface area is 193 Å². The maximum Gasteiger partial charge on any atom is 0.261 e. The first-order valence-corrected chi connectivity index (χ1v) is 11.6. The number of rotatable bonds is 8. The molecular weight excluding hydrogens is 426 g/mol. The Morgan fingerprint density at radius 2 is 2.06 bits per heavy atom. The third kappa shape index (κ3) is 5.27. The number of carbonyl (C=O) groups excluding carboxylic acids is 1. The lowest BCUT2D eigenvalue weighted by Crippen LogP contribution is -2.41. The second-order valence-electron chi connectivity index (χ2n) is 8.07. The number of nitrogens with zero attached hydrogens (tertiary/aromatic N) is 4. The van der Waals surface area contributed by atoms with E-state index in [-0.39, 0.29) is 11.8 Å². The van der Waals surface area contributed by atoms with E-state index in [0.29, 0.717) is 16.7 Å². The largest absolute Gasteiger partial charge is 0.356 e. The Bertz CT molecular complexity index is 1050. The average molecular weight is 454 g/mol. The molecule has 2 aromatic heterocycles. The van der Waals surface area contributed by atoms with Gasteiger partial charge in [0, 0.05) is 42.3 Å². The third-order valence-corrected chi connectivity index (χ3v) is 6.01. The van der Waals surface area contributed by atoms with Crippen LogP contribution in [-0.2, 0) is 4.79 Å². The van der Waals surface area contributed by atoms with E-state index >= 15 is 0 Å². The molecule has 1 fully saturated rings. The highest BCUT2D eigenvalue weighted by atomic mass is 35.5. The quantitative estimate of drug-likeness (QED) is 0.484. The van der Waals surface area contributed by atoms with Crippen LogP contribution in [0.5, 0.6) is 0 Å². The summed E-state index contributed by atoms with van der Waals surface area (Å²) in [4.78, 5) is 23.8. The number of pyridine rings is 1. The van der Waals surface area contributed by atoms with E-state index in [4.69, 9.17) is 16.1 Å². The molecule has 3 heterocycles. The van der Waals surface area contributed by atoms with Crippen LogP contribution in [0, 0.1) is 5.92 Å². The molecule has 1 amide bonds. The topological polar surface area (TPSA) is 84.2 Å². The number of nitrogens with one attached hydrogen (secondary N) is 1. The summed E-state index contributed by atoms with van der Waals surface area (Å²) in [7, 11) is 0. The van der Waals surface area contributed by atoms with Crippen molar-refractivity contribution in [1.29, 1.82) is 0 Å². The molecule has 1 aliphatic heterocycles. The molecule has 1 saturated heterocycles. The van der Waals surface area contributed by atoms with Gasteiger partial charge in [-0.25, -0.2) is 4.98 Å². The van der Waals surface area contributed by atoms with E-state index in [1.54, 1.807) is 18.3 Å². The smallest absolute Gasteiger partial charge is 0.261 e. The minimum Gasteiger partial charge on any atom is -0.356 e. The van der Waals surface area contributed by atoms with Crippen molar-refractivity contribution in [2.75, 3.05) is 24.5 Å². The molecule has 4 rings (SSSR count). The standard InChI is InChI=1S/C24H28ClN5O2/c1-2-3-4-12-27-23(31)17-10-14-30(15-11-17)22-20(9-6-13-26-22)24-28-21(29-32-24)18-7-5-8-19(25)16-18/h5-9,13,16-17H,2-4,10-12,14-15H2,1H3,(H,27,31). The fourth-order valence-corrected chi connectivity index (χ4v) is 4.17. The Kier molecular flexibility index (Phi) is 7.37. The molecule has 0 bridgehead atoms. The number of benzene rings is 1. The van der Waals surface area contributed by atoms with Crippen LogP contribution in [-0.4, -0.2) is 40.7 Å². The number of hydrogen-bond donors (Lipinski definition) is 1. The predicted molar refractivity (Wildman–Crippen MR) is 125 cm³/mol. The van der Waals surface area contributed by atoms with Gasteiger partial charge in [0.1, 0.15) is 5.82 Å². The SMILES string of the molecule is CCCCCNC(=O)C1CCN(c2ncccc2-c2nc(-c3cccc(Cl)c3)no2)CC1. The summed E-state index contributed by atoms with van der Waals surface area (Å²) in [6, 6.07) is 11.2. The highest BCUT2D eigenvalue weighted by molar-refractivity contribution is 6.30. The van der Waals surface area contributed by atoms with Crippen LogP contribution in [0.4, 0.5) is 5.82 Å². The summed E-state index contributed by atoms with van der Waals surface area (Å²) in [5, 5.41) is 7.83. The van der Waals surface area contributed by atoms with Gasteiger partial charge in [-0.3, -0.25) is 4.79 Å². The van der Waals surface area contributed by atoms with Gasteiger partial charge in [-0.1, -0.05) is 48.7 Å². The lowest BCUT2D eigenvalue weighted by Gasteiger charge is -2.32. The number of hydrogen-bond acceptors (Lipinski definition) is 6. The first-order chi connectivity index (χ1) is 15.7. The van der Waals surface area contributed by atoms with Gasteiger partial charge in [-0.2, -0.15) is 4.98 Å². The van der Waals surface area contributed by atoms with E-state index in [1.807, 2.05) is 24.3 Å². The van der Waals surface area contributed by atoms with Crippen molar-refractivity contribution in [3.05, 3.63) is 47.6 Å². The number of carbonyl (C=O) groups is 1. The number of unbranched alkanes of at least 4 members (excludes halogenated alkanes) is 2. The monoisotopic (exact) mass is 453 g/mol. The van der Waals surface area contributed by atoms with Gasteiger partial charge in [0.05, 0.1) is 5.56 Å². The fraction of sp³-hybridized carbons (Fsp3) is 0.417. The molecule has 168 valence electrons. The van der Waals surface area contributed by atoms with Crippen LogP contribution < -0.4 is 10.2 Å². The van der Waals surface area contributed by atoms with Crippen LogP contribution in [0.2, 0.25) is 5.02 Å². The molecule has 0 saturated carbocycles. The Hall–Kier alpha value is -2.93. The fourth-order valence-electron chi connectivity index (χ4n) is 3.98. The number of halogens is 1. The van der Waals surface area contributed by atoms with Crippen molar-refractivity contribution < 1.29 is 9.32 Å². The van der Waals surface area contributed by atoms with E-state index in [0.717, 1.165) is 68.7 Å². The number of piperidine rings is 1. The highest BCUT2D eigenvalue weighted by Gasteiger charge is 2.27. The van der Waals surface area contributed by atoms with E-state index in [9.17, 15) is 4.79 Å². The molecule has 1 N–H and O–H groups in total. The summed E-state index contributed by atoms with van der Waals surface area (Å²) in [6.07, 6.45) is 6.71. The summed E-state index contributed by atoms with van der Waals surface area (Å²) >= 11 is 6.09. The van der Waals surface area contributed by atoms with Crippen molar-refractivity contribution in [1.82, 2.24) is 20.4 Å². The molecule has 1 aromatic carbocycles. The van der Waals surface area contributed by atoms with Gasteiger partial charge in [0.15, 0.2) is 0 Å². The number of amides is 1. The van der Waals surface area contributed by atoms with Gasteiger partial charge in [0.25, 0.3) is 5.89 Å². The molecule has 0 atom stereocenters. The zero-order valence-electron chi connectivity index (χ0n) is 18.3. The van der Waals surface area contributed by atoms with E-state index < -0.39 is 0 Å². The molecule has 1 aliphatic rings. The molecule has 0 aliphatic carbocycles. The summed E-state index contributed by atoms with van der Waals surface area (Å²) in [5.74, 6) is 1.92. The number of aromatic nitrogens is 3. The molecule has 7 nitrogen and oxygen atoms in total. The zero-order chi connectivity index (χ0) is 22.3. The van der Waals surface area contributed by atoms with Crippen molar-refractivity contribution in [3.8, 4) is 22.8 Å². The van der Waals surface area contributed by atoms with Crippen LogP contribution in [0.1, 0.15) is 39.0 Å². The first-order valence-electron chi connectivity index (χ1n) is 11.2. The molecule has 0 spiro atoms.